The minimum absolute atomic E-state index is 0.0438. The summed E-state index contributed by atoms with van der Waals surface area (Å²) in [4.78, 5) is 0. The summed E-state index contributed by atoms with van der Waals surface area (Å²) < 4.78 is 39.7. The maximum atomic E-state index is 12.1. The van der Waals surface area contributed by atoms with Crippen LogP contribution in [0.15, 0.2) is 18.2 Å². The van der Waals surface area contributed by atoms with Gasteiger partial charge in [-0.2, -0.15) is 0 Å². The van der Waals surface area contributed by atoms with E-state index >= 15 is 0 Å². The Labute approximate surface area is 124 Å². The van der Waals surface area contributed by atoms with E-state index in [0.717, 1.165) is 23.6 Å². The molecule has 1 unspecified atom stereocenters. The van der Waals surface area contributed by atoms with Crippen LogP contribution in [0.1, 0.15) is 24.9 Å². The van der Waals surface area contributed by atoms with Gasteiger partial charge in [0.1, 0.15) is 18.1 Å². The molecular formula is C15H23F2NO3. The van der Waals surface area contributed by atoms with Crippen molar-refractivity contribution < 1.29 is 23.0 Å². The van der Waals surface area contributed by atoms with Crippen LogP contribution in [0.5, 0.6) is 11.5 Å². The Bertz CT molecular complexity index is 416. The second-order valence-corrected chi connectivity index (χ2v) is 4.47. The number of ether oxygens (including phenoxy) is 3. The lowest BCUT2D eigenvalue weighted by Crippen LogP contribution is -2.23. The van der Waals surface area contributed by atoms with Crippen molar-refractivity contribution in [1.29, 1.82) is 0 Å². The summed E-state index contributed by atoms with van der Waals surface area (Å²) in [6.45, 7) is 2.45. The zero-order valence-electron chi connectivity index (χ0n) is 12.7. The van der Waals surface area contributed by atoms with Gasteiger partial charge in [0.2, 0.25) is 0 Å². The molecule has 0 aliphatic rings. The predicted octanol–water partition coefficient (Wildman–Crippen LogP) is 3.03. The number of hydrogen-bond acceptors (Lipinski definition) is 4. The number of halogens is 2. The van der Waals surface area contributed by atoms with Crippen LogP contribution in [-0.2, 0) is 4.74 Å². The van der Waals surface area contributed by atoms with Crippen molar-refractivity contribution in [2.75, 3.05) is 34.0 Å². The molecule has 1 atom stereocenters. The average molecular weight is 303 g/mol. The molecule has 1 rings (SSSR count). The molecule has 0 bridgehead atoms. The first-order chi connectivity index (χ1) is 10.1. The van der Waals surface area contributed by atoms with Crippen molar-refractivity contribution in [3.8, 4) is 11.5 Å². The van der Waals surface area contributed by atoms with Crippen LogP contribution < -0.4 is 14.8 Å². The molecule has 0 aliphatic heterocycles. The summed E-state index contributed by atoms with van der Waals surface area (Å²) in [6, 6.07) is 5.49. The highest BCUT2D eigenvalue weighted by atomic mass is 19.3. The van der Waals surface area contributed by atoms with Gasteiger partial charge in [-0.05, 0) is 31.2 Å². The molecule has 0 aromatic heterocycles. The molecule has 4 nitrogen and oxygen atoms in total. The smallest absolute Gasteiger partial charge is 0.261 e. The molecule has 120 valence electrons. The summed E-state index contributed by atoms with van der Waals surface area (Å²) >= 11 is 0. The quantitative estimate of drug-likeness (QED) is 0.675. The van der Waals surface area contributed by atoms with Crippen molar-refractivity contribution in [1.82, 2.24) is 5.32 Å². The van der Waals surface area contributed by atoms with Gasteiger partial charge in [-0.25, -0.2) is 8.78 Å². The fraction of sp³-hybridized carbons (Fsp3) is 0.600. The van der Waals surface area contributed by atoms with Crippen molar-refractivity contribution >= 4 is 0 Å². The molecule has 0 fully saturated rings. The maximum absolute atomic E-state index is 12.1. The van der Waals surface area contributed by atoms with Gasteiger partial charge in [0.05, 0.1) is 14.2 Å². The molecule has 1 N–H and O–H groups in total. The largest absolute Gasteiger partial charge is 0.497 e. The highest BCUT2D eigenvalue weighted by Gasteiger charge is 2.16. The third-order valence-corrected chi connectivity index (χ3v) is 3.06. The Balaban J connectivity index is 2.78. The van der Waals surface area contributed by atoms with E-state index in [-0.39, 0.29) is 12.6 Å². The highest BCUT2D eigenvalue weighted by molar-refractivity contribution is 5.42. The zero-order valence-corrected chi connectivity index (χ0v) is 12.7. The Hall–Kier alpha value is -1.40. The van der Waals surface area contributed by atoms with Crippen LogP contribution >= 0.6 is 0 Å². The summed E-state index contributed by atoms with van der Waals surface area (Å²) in [6.07, 6.45) is -1.86. The van der Waals surface area contributed by atoms with Gasteiger partial charge in [0.15, 0.2) is 0 Å². The second kappa shape index (κ2) is 9.52. The molecule has 0 saturated carbocycles. The maximum Gasteiger partial charge on any atom is 0.261 e. The molecule has 1 aromatic rings. The van der Waals surface area contributed by atoms with E-state index in [4.69, 9.17) is 14.2 Å². The Morgan fingerprint density at radius 2 is 1.95 bits per heavy atom. The SMILES string of the molecule is CCNC(CCOCC(F)F)c1cc(OC)ccc1OC. The Morgan fingerprint density at radius 1 is 1.19 bits per heavy atom. The predicted molar refractivity (Wildman–Crippen MR) is 77.4 cm³/mol. The number of nitrogens with one attached hydrogen (secondary N) is 1. The van der Waals surface area contributed by atoms with Gasteiger partial charge in [0, 0.05) is 18.2 Å². The Kier molecular flexibility index (Phi) is 8.00. The molecular weight excluding hydrogens is 280 g/mol. The number of benzene rings is 1. The van der Waals surface area contributed by atoms with Gasteiger partial charge in [-0.1, -0.05) is 6.92 Å². The van der Waals surface area contributed by atoms with Gasteiger partial charge in [0.25, 0.3) is 6.43 Å². The van der Waals surface area contributed by atoms with E-state index in [1.807, 2.05) is 25.1 Å². The first-order valence-electron chi connectivity index (χ1n) is 6.93. The summed E-state index contributed by atoms with van der Waals surface area (Å²) in [7, 11) is 3.20. The molecule has 21 heavy (non-hydrogen) atoms. The van der Waals surface area contributed by atoms with Crippen LogP contribution in [0.3, 0.4) is 0 Å². The van der Waals surface area contributed by atoms with Gasteiger partial charge < -0.3 is 19.5 Å². The van der Waals surface area contributed by atoms with Crippen LogP contribution in [-0.4, -0.2) is 40.4 Å². The summed E-state index contributed by atoms with van der Waals surface area (Å²) in [5.41, 5.74) is 0.930. The molecule has 0 amide bonds. The third kappa shape index (κ3) is 5.85. The van der Waals surface area contributed by atoms with Crippen LogP contribution in [0.25, 0.3) is 0 Å². The first kappa shape index (κ1) is 17.7. The highest BCUT2D eigenvalue weighted by Crippen LogP contribution is 2.31. The molecule has 0 heterocycles. The normalized spacial score (nSPS) is 12.5. The van der Waals surface area contributed by atoms with Crippen molar-refractivity contribution in [3.05, 3.63) is 23.8 Å². The lowest BCUT2D eigenvalue weighted by Gasteiger charge is -2.21. The number of hydrogen-bond donors (Lipinski definition) is 1. The fourth-order valence-electron chi connectivity index (χ4n) is 2.10. The first-order valence-corrected chi connectivity index (χ1v) is 6.93. The van der Waals surface area contributed by atoms with Crippen molar-refractivity contribution in [2.45, 2.75) is 25.8 Å². The third-order valence-electron chi connectivity index (χ3n) is 3.06. The zero-order chi connectivity index (χ0) is 15.7. The molecule has 0 aliphatic carbocycles. The lowest BCUT2D eigenvalue weighted by atomic mass is 10.0. The summed E-state index contributed by atoms with van der Waals surface area (Å²) in [5.74, 6) is 1.46. The van der Waals surface area contributed by atoms with Crippen LogP contribution in [0, 0.1) is 0 Å². The van der Waals surface area contributed by atoms with Gasteiger partial charge >= 0.3 is 0 Å². The van der Waals surface area contributed by atoms with Gasteiger partial charge in [-0.15, -0.1) is 0 Å². The average Bonchev–Trinajstić information content (AvgIpc) is 2.49. The molecule has 0 radical (unpaired) electrons. The standard InChI is InChI=1S/C15H23F2NO3/c1-4-18-13(7-8-21-10-15(16)17)12-9-11(19-2)5-6-14(12)20-3/h5-6,9,13,15,18H,4,7-8,10H2,1-3H3. The molecule has 0 spiro atoms. The van der Waals surface area contributed by atoms with Gasteiger partial charge in [-0.3, -0.25) is 0 Å². The Morgan fingerprint density at radius 3 is 2.52 bits per heavy atom. The van der Waals surface area contributed by atoms with E-state index < -0.39 is 13.0 Å². The molecule has 0 saturated heterocycles. The molecule has 6 heteroatoms. The monoisotopic (exact) mass is 303 g/mol. The lowest BCUT2D eigenvalue weighted by molar-refractivity contribution is 0.0143. The molecule has 1 aromatic carbocycles. The van der Waals surface area contributed by atoms with E-state index in [1.54, 1.807) is 14.2 Å². The van der Waals surface area contributed by atoms with E-state index in [9.17, 15) is 8.78 Å². The van der Waals surface area contributed by atoms with Crippen molar-refractivity contribution in [3.63, 3.8) is 0 Å². The fourth-order valence-corrected chi connectivity index (χ4v) is 2.10. The second-order valence-electron chi connectivity index (χ2n) is 4.47. The van der Waals surface area contributed by atoms with E-state index in [1.165, 1.54) is 0 Å². The van der Waals surface area contributed by atoms with Crippen LogP contribution in [0.2, 0.25) is 0 Å². The van der Waals surface area contributed by atoms with E-state index in [2.05, 4.69) is 5.32 Å². The minimum Gasteiger partial charge on any atom is -0.497 e. The van der Waals surface area contributed by atoms with Crippen molar-refractivity contribution in [2.24, 2.45) is 0 Å². The van der Waals surface area contributed by atoms with E-state index in [0.29, 0.717) is 6.42 Å². The number of alkyl halides is 2. The topological polar surface area (TPSA) is 39.7 Å². The minimum atomic E-state index is -2.44. The number of methoxy groups -OCH3 is 2. The summed E-state index contributed by atoms with van der Waals surface area (Å²) in [5, 5.41) is 3.31. The number of rotatable bonds is 10. The van der Waals surface area contributed by atoms with Crippen LogP contribution in [0.4, 0.5) is 8.78 Å².